The van der Waals surface area contributed by atoms with Crippen LogP contribution in [0, 0.1) is 0 Å². The van der Waals surface area contributed by atoms with Crippen LogP contribution in [-0.2, 0) is 16.0 Å². The lowest BCUT2D eigenvalue weighted by Crippen LogP contribution is -2.48. The van der Waals surface area contributed by atoms with Crippen LogP contribution >= 0.6 is 0 Å². The molecule has 0 spiro atoms. The first kappa shape index (κ1) is 14.8. The molecule has 3 rings (SSSR count). The topological polar surface area (TPSA) is 57.7 Å². The minimum Gasteiger partial charge on any atom is -0.341 e. The van der Waals surface area contributed by atoms with E-state index in [1.54, 1.807) is 23.1 Å². The molecule has 0 unspecified atom stereocenters. The number of hydrogen-bond acceptors (Lipinski definition) is 3. The van der Waals surface area contributed by atoms with Crippen molar-refractivity contribution in [2.75, 3.05) is 19.6 Å². The van der Waals surface area contributed by atoms with Gasteiger partial charge in [-0.25, -0.2) is 0 Å². The number of nitrogens with zero attached hydrogens (tertiary/aromatic N) is 2. The number of carbonyl (C=O) groups is 3. The van der Waals surface area contributed by atoms with Gasteiger partial charge >= 0.3 is 0 Å². The fourth-order valence-electron chi connectivity index (χ4n) is 3.12. The third-order valence-corrected chi connectivity index (χ3v) is 4.39. The van der Waals surface area contributed by atoms with Crippen molar-refractivity contribution in [1.29, 1.82) is 0 Å². The minimum absolute atomic E-state index is 0.122. The van der Waals surface area contributed by atoms with Gasteiger partial charge in [-0.05, 0) is 24.5 Å². The van der Waals surface area contributed by atoms with Crippen LogP contribution in [0.2, 0.25) is 0 Å². The predicted molar refractivity (Wildman–Crippen MR) is 81.2 cm³/mol. The van der Waals surface area contributed by atoms with Gasteiger partial charge in [0.2, 0.25) is 11.8 Å². The molecule has 0 N–H and O–H groups in total. The second kappa shape index (κ2) is 6.30. The summed E-state index contributed by atoms with van der Waals surface area (Å²) >= 11 is 0. The molecule has 0 saturated carbocycles. The minimum atomic E-state index is -0.352. The van der Waals surface area contributed by atoms with E-state index in [9.17, 15) is 14.4 Å². The Morgan fingerprint density at radius 2 is 1.68 bits per heavy atom. The van der Waals surface area contributed by atoms with Gasteiger partial charge in [-0.3, -0.25) is 19.3 Å². The number of amides is 3. The molecule has 1 fully saturated rings. The number of hydrogen-bond donors (Lipinski definition) is 0. The molecule has 5 nitrogen and oxygen atoms in total. The maximum atomic E-state index is 12.4. The zero-order valence-corrected chi connectivity index (χ0v) is 12.6. The first-order chi connectivity index (χ1) is 10.7. The van der Waals surface area contributed by atoms with Crippen LogP contribution in [0.5, 0.6) is 0 Å². The number of fused-ring (bicyclic) bond motifs is 1. The number of benzene rings is 1. The van der Waals surface area contributed by atoms with Crippen LogP contribution in [0.3, 0.4) is 0 Å². The summed E-state index contributed by atoms with van der Waals surface area (Å²) in [7, 11) is 0. The molecule has 1 aromatic carbocycles. The third-order valence-electron chi connectivity index (χ3n) is 4.39. The van der Waals surface area contributed by atoms with Crippen LogP contribution in [0.1, 0.15) is 41.6 Å². The molecule has 1 aromatic rings. The Morgan fingerprint density at radius 1 is 1.00 bits per heavy atom. The molecule has 5 heteroatoms. The van der Waals surface area contributed by atoms with Crippen LogP contribution in [-0.4, -0.2) is 47.2 Å². The number of imide groups is 1. The first-order valence-electron chi connectivity index (χ1n) is 7.87. The van der Waals surface area contributed by atoms with Crippen LogP contribution in [0.15, 0.2) is 24.3 Å². The summed E-state index contributed by atoms with van der Waals surface area (Å²) in [6.45, 7) is 1.32. The molecule has 1 saturated heterocycles. The van der Waals surface area contributed by atoms with Crippen LogP contribution in [0.4, 0.5) is 0 Å². The molecule has 0 aliphatic carbocycles. The predicted octanol–water partition coefficient (Wildman–Crippen LogP) is 1.61. The Balaban J connectivity index is 1.73. The fraction of sp³-hybridized carbons (Fsp3) is 0.471. The lowest BCUT2D eigenvalue weighted by molar-refractivity contribution is -0.138. The van der Waals surface area contributed by atoms with Crippen molar-refractivity contribution in [1.82, 2.24) is 9.80 Å². The van der Waals surface area contributed by atoms with Gasteiger partial charge in [0, 0.05) is 18.7 Å². The van der Waals surface area contributed by atoms with E-state index in [2.05, 4.69) is 0 Å². The van der Waals surface area contributed by atoms with Crippen molar-refractivity contribution in [2.24, 2.45) is 0 Å². The van der Waals surface area contributed by atoms with E-state index in [-0.39, 0.29) is 30.7 Å². The molecule has 2 heterocycles. The molecule has 0 radical (unpaired) electrons. The Labute approximate surface area is 129 Å². The summed E-state index contributed by atoms with van der Waals surface area (Å²) in [4.78, 5) is 39.9. The SMILES string of the molecule is O=C(CN1C(=O)Cc2ccccc2C1=O)N1CCCCCC1. The van der Waals surface area contributed by atoms with Crippen molar-refractivity contribution in [3.63, 3.8) is 0 Å². The van der Waals surface area contributed by atoms with Crippen LogP contribution < -0.4 is 0 Å². The Kier molecular flexibility index (Phi) is 4.22. The summed E-state index contributed by atoms with van der Waals surface area (Å²) in [5.74, 6) is -0.759. The van der Waals surface area contributed by atoms with Crippen molar-refractivity contribution in [3.05, 3.63) is 35.4 Å². The molecular weight excluding hydrogens is 280 g/mol. The maximum absolute atomic E-state index is 12.4. The summed E-state index contributed by atoms with van der Waals surface area (Å²) in [6.07, 6.45) is 4.46. The molecule has 22 heavy (non-hydrogen) atoms. The fourth-order valence-corrected chi connectivity index (χ4v) is 3.12. The summed E-state index contributed by atoms with van der Waals surface area (Å²) in [5.41, 5.74) is 1.28. The highest BCUT2D eigenvalue weighted by atomic mass is 16.2. The lowest BCUT2D eigenvalue weighted by Gasteiger charge is -2.29. The van der Waals surface area contributed by atoms with E-state index in [1.807, 2.05) is 6.07 Å². The highest BCUT2D eigenvalue weighted by molar-refractivity contribution is 6.11. The standard InChI is InChI=1S/C17H20N2O3/c20-15-11-13-7-3-4-8-14(13)17(22)19(15)12-16(21)18-9-5-1-2-6-10-18/h3-4,7-8H,1-2,5-6,9-12H2. The third kappa shape index (κ3) is 2.89. The van der Waals surface area contributed by atoms with E-state index in [0.29, 0.717) is 5.56 Å². The molecule has 3 amide bonds. The number of likely N-dealkylation sites (tertiary alicyclic amines) is 1. The van der Waals surface area contributed by atoms with E-state index < -0.39 is 0 Å². The first-order valence-corrected chi connectivity index (χ1v) is 7.87. The van der Waals surface area contributed by atoms with Crippen molar-refractivity contribution >= 4 is 17.7 Å². The maximum Gasteiger partial charge on any atom is 0.261 e. The van der Waals surface area contributed by atoms with E-state index in [4.69, 9.17) is 0 Å². The Hall–Kier alpha value is -2.17. The van der Waals surface area contributed by atoms with Gasteiger partial charge in [0.1, 0.15) is 6.54 Å². The second-order valence-electron chi connectivity index (χ2n) is 5.91. The highest BCUT2D eigenvalue weighted by Crippen LogP contribution is 2.20. The monoisotopic (exact) mass is 300 g/mol. The van der Waals surface area contributed by atoms with E-state index >= 15 is 0 Å². The molecule has 2 aliphatic heterocycles. The van der Waals surface area contributed by atoms with Gasteiger partial charge in [0.05, 0.1) is 6.42 Å². The van der Waals surface area contributed by atoms with Crippen LogP contribution in [0.25, 0.3) is 0 Å². The smallest absolute Gasteiger partial charge is 0.261 e. The second-order valence-corrected chi connectivity index (χ2v) is 5.91. The molecule has 0 aromatic heterocycles. The van der Waals surface area contributed by atoms with Gasteiger partial charge in [0.25, 0.3) is 5.91 Å². The van der Waals surface area contributed by atoms with Crippen molar-refractivity contribution < 1.29 is 14.4 Å². The van der Waals surface area contributed by atoms with Gasteiger partial charge in [-0.1, -0.05) is 31.0 Å². The Bertz CT molecular complexity index is 604. The normalized spacial score (nSPS) is 18.9. The highest BCUT2D eigenvalue weighted by Gasteiger charge is 2.33. The molecule has 0 atom stereocenters. The lowest BCUT2D eigenvalue weighted by atomic mass is 9.98. The van der Waals surface area contributed by atoms with Gasteiger partial charge in [0.15, 0.2) is 0 Å². The summed E-state index contributed by atoms with van der Waals surface area (Å²) in [6, 6.07) is 7.10. The quantitative estimate of drug-likeness (QED) is 0.780. The zero-order valence-electron chi connectivity index (χ0n) is 12.6. The summed E-state index contributed by atoms with van der Waals surface area (Å²) < 4.78 is 0. The van der Waals surface area contributed by atoms with Gasteiger partial charge in [-0.2, -0.15) is 0 Å². The number of rotatable bonds is 2. The van der Waals surface area contributed by atoms with Gasteiger partial charge < -0.3 is 4.90 Å². The average molecular weight is 300 g/mol. The van der Waals surface area contributed by atoms with E-state index in [0.717, 1.165) is 49.2 Å². The largest absolute Gasteiger partial charge is 0.341 e. The zero-order chi connectivity index (χ0) is 15.5. The van der Waals surface area contributed by atoms with Gasteiger partial charge in [-0.15, -0.1) is 0 Å². The Morgan fingerprint density at radius 3 is 2.41 bits per heavy atom. The average Bonchev–Trinajstić information content (AvgIpc) is 2.80. The van der Waals surface area contributed by atoms with E-state index in [1.165, 1.54) is 0 Å². The molecular formula is C17H20N2O3. The number of carbonyl (C=O) groups excluding carboxylic acids is 3. The molecule has 0 bridgehead atoms. The molecule has 2 aliphatic rings. The summed E-state index contributed by atoms with van der Waals surface area (Å²) in [5, 5.41) is 0. The molecule has 116 valence electrons. The van der Waals surface area contributed by atoms with Crippen molar-refractivity contribution in [3.8, 4) is 0 Å². The van der Waals surface area contributed by atoms with Crippen molar-refractivity contribution in [2.45, 2.75) is 32.1 Å².